The fourth-order valence-corrected chi connectivity index (χ4v) is 3.23. The van der Waals surface area contributed by atoms with Crippen LogP contribution in [0.1, 0.15) is 39.5 Å². The first-order chi connectivity index (χ1) is 12.2. The molecule has 124 valence electrons. The highest BCUT2D eigenvalue weighted by molar-refractivity contribution is 5.98. The molecule has 0 bridgehead atoms. The van der Waals surface area contributed by atoms with Crippen LogP contribution in [-0.2, 0) is 6.42 Å². The smallest absolute Gasteiger partial charge is 0.227 e. The normalized spacial score (nSPS) is 16.4. The molecule has 1 aliphatic carbocycles. The number of ketones is 1. The molecule has 1 heterocycles. The van der Waals surface area contributed by atoms with Crippen molar-refractivity contribution in [2.45, 2.75) is 25.7 Å². The maximum absolute atomic E-state index is 12.5. The van der Waals surface area contributed by atoms with Crippen molar-refractivity contribution >= 4 is 17.4 Å². The Balaban J connectivity index is 1.61. The Morgan fingerprint density at radius 3 is 2.52 bits per heavy atom. The van der Waals surface area contributed by atoms with Gasteiger partial charge in [-0.05, 0) is 37.0 Å². The molecule has 0 spiro atoms. The van der Waals surface area contributed by atoms with Gasteiger partial charge in [-0.15, -0.1) is 0 Å². The van der Waals surface area contributed by atoms with Gasteiger partial charge in [-0.25, -0.2) is 9.97 Å². The zero-order valence-corrected chi connectivity index (χ0v) is 14.1. The maximum atomic E-state index is 12.5. The first-order valence-corrected chi connectivity index (χ1v) is 8.47. The van der Waals surface area contributed by atoms with E-state index in [0.29, 0.717) is 17.9 Å². The summed E-state index contributed by atoms with van der Waals surface area (Å²) < 4.78 is 0. The summed E-state index contributed by atoms with van der Waals surface area (Å²) >= 11 is 0. The third-order valence-corrected chi connectivity index (χ3v) is 4.62. The molecule has 2 aromatic carbocycles. The summed E-state index contributed by atoms with van der Waals surface area (Å²) in [7, 11) is 0. The summed E-state index contributed by atoms with van der Waals surface area (Å²) in [6.45, 7) is 2.07. The number of nitrogens with zero attached hydrogens (tertiary/aromatic N) is 2. The molecular formula is C21H19N3O. The Morgan fingerprint density at radius 1 is 1.00 bits per heavy atom. The Kier molecular flexibility index (Phi) is 4.02. The largest absolute Gasteiger partial charge is 0.324 e. The van der Waals surface area contributed by atoms with Gasteiger partial charge < -0.3 is 5.32 Å². The Hall–Kier alpha value is -3.01. The minimum absolute atomic E-state index is 0.123. The Morgan fingerprint density at radius 2 is 1.76 bits per heavy atom. The fourth-order valence-electron chi connectivity index (χ4n) is 3.23. The highest BCUT2D eigenvalue weighted by Crippen LogP contribution is 2.32. The van der Waals surface area contributed by atoms with E-state index in [0.717, 1.165) is 17.8 Å². The van der Waals surface area contributed by atoms with Gasteiger partial charge in [0.25, 0.3) is 0 Å². The van der Waals surface area contributed by atoms with E-state index in [9.17, 15) is 4.79 Å². The molecule has 1 atom stereocenters. The predicted octanol–water partition coefficient (Wildman–Crippen LogP) is 4.44. The van der Waals surface area contributed by atoms with E-state index in [2.05, 4.69) is 46.5 Å². The fraction of sp³-hybridized carbons (Fsp3) is 0.190. The number of carbonyl (C=O) groups excluding carboxylic acids is 1. The van der Waals surface area contributed by atoms with Crippen molar-refractivity contribution in [1.82, 2.24) is 9.97 Å². The number of benzene rings is 2. The van der Waals surface area contributed by atoms with Gasteiger partial charge in [-0.3, -0.25) is 4.79 Å². The molecule has 4 heteroatoms. The Labute approximate surface area is 147 Å². The number of para-hydroxylation sites is 1. The quantitative estimate of drug-likeness (QED) is 0.772. The lowest BCUT2D eigenvalue weighted by atomic mass is 9.82. The lowest BCUT2D eigenvalue weighted by Crippen LogP contribution is -2.21. The molecule has 0 saturated heterocycles. The van der Waals surface area contributed by atoms with E-state index in [1.54, 1.807) is 6.20 Å². The van der Waals surface area contributed by atoms with Crippen LogP contribution in [0.15, 0.2) is 60.8 Å². The summed E-state index contributed by atoms with van der Waals surface area (Å²) in [6, 6.07) is 18.2. The standard InChI is InChI=1S/C21H19N3O/c1-14-7-9-15(10-8-14)16-11-19-18(20(25)12-16)13-22-21(24-19)23-17-5-3-2-4-6-17/h2-10,13,16H,11-12H2,1H3,(H,22,23,24)/t16-/m0/s1. The van der Waals surface area contributed by atoms with Crippen molar-refractivity contribution in [3.8, 4) is 0 Å². The van der Waals surface area contributed by atoms with Crippen molar-refractivity contribution in [3.63, 3.8) is 0 Å². The van der Waals surface area contributed by atoms with Crippen LogP contribution in [0, 0.1) is 6.92 Å². The van der Waals surface area contributed by atoms with Crippen LogP contribution in [0.2, 0.25) is 0 Å². The van der Waals surface area contributed by atoms with Crippen LogP contribution in [0.5, 0.6) is 0 Å². The van der Waals surface area contributed by atoms with Gasteiger partial charge in [0.1, 0.15) is 0 Å². The number of Topliss-reactive ketones (excluding diaryl/α,β-unsaturated/α-hetero) is 1. The van der Waals surface area contributed by atoms with Crippen LogP contribution in [0.25, 0.3) is 0 Å². The van der Waals surface area contributed by atoms with Crippen molar-refractivity contribution in [1.29, 1.82) is 0 Å². The number of rotatable bonds is 3. The van der Waals surface area contributed by atoms with Crippen molar-refractivity contribution in [2.75, 3.05) is 5.32 Å². The van der Waals surface area contributed by atoms with E-state index in [1.165, 1.54) is 11.1 Å². The number of hydrogen-bond donors (Lipinski definition) is 1. The van der Waals surface area contributed by atoms with Crippen LogP contribution >= 0.6 is 0 Å². The van der Waals surface area contributed by atoms with Gasteiger partial charge >= 0.3 is 0 Å². The third-order valence-electron chi connectivity index (χ3n) is 4.62. The number of fused-ring (bicyclic) bond motifs is 1. The molecule has 0 aliphatic heterocycles. The highest BCUT2D eigenvalue weighted by atomic mass is 16.1. The van der Waals surface area contributed by atoms with Crippen LogP contribution in [0.4, 0.5) is 11.6 Å². The lowest BCUT2D eigenvalue weighted by Gasteiger charge is -2.23. The number of aromatic nitrogens is 2. The van der Waals surface area contributed by atoms with Gasteiger partial charge in [0, 0.05) is 18.3 Å². The minimum Gasteiger partial charge on any atom is -0.324 e. The molecule has 4 rings (SSSR count). The maximum Gasteiger partial charge on any atom is 0.227 e. The van der Waals surface area contributed by atoms with Gasteiger partial charge in [0.05, 0.1) is 11.3 Å². The average molecular weight is 329 g/mol. The van der Waals surface area contributed by atoms with Crippen LogP contribution < -0.4 is 5.32 Å². The molecule has 0 fully saturated rings. The highest BCUT2D eigenvalue weighted by Gasteiger charge is 2.28. The predicted molar refractivity (Wildman–Crippen MR) is 98.3 cm³/mol. The summed E-state index contributed by atoms with van der Waals surface area (Å²) in [4.78, 5) is 21.4. The van der Waals surface area contributed by atoms with Gasteiger partial charge in [0.15, 0.2) is 5.78 Å². The molecule has 0 amide bonds. The lowest BCUT2D eigenvalue weighted by molar-refractivity contribution is 0.0963. The molecule has 0 unspecified atom stereocenters. The number of anilines is 2. The molecule has 1 aliphatic rings. The zero-order chi connectivity index (χ0) is 17.2. The van der Waals surface area contributed by atoms with E-state index >= 15 is 0 Å². The number of nitrogens with one attached hydrogen (secondary N) is 1. The molecule has 4 nitrogen and oxygen atoms in total. The summed E-state index contributed by atoms with van der Waals surface area (Å²) in [6.07, 6.45) is 2.93. The van der Waals surface area contributed by atoms with Gasteiger partial charge in [-0.1, -0.05) is 48.0 Å². The van der Waals surface area contributed by atoms with E-state index in [4.69, 9.17) is 0 Å². The van der Waals surface area contributed by atoms with Crippen molar-refractivity contribution in [2.24, 2.45) is 0 Å². The van der Waals surface area contributed by atoms with Crippen LogP contribution in [-0.4, -0.2) is 15.8 Å². The second kappa shape index (κ2) is 6.48. The summed E-state index contributed by atoms with van der Waals surface area (Å²) in [5.41, 5.74) is 4.83. The molecule has 1 N–H and O–H groups in total. The monoisotopic (exact) mass is 329 g/mol. The molecule has 3 aromatic rings. The number of hydrogen-bond acceptors (Lipinski definition) is 4. The third kappa shape index (κ3) is 3.29. The summed E-state index contributed by atoms with van der Waals surface area (Å²) in [5.74, 6) is 0.834. The van der Waals surface area contributed by atoms with Crippen molar-refractivity contribution < 1.29 is 4.79 Å². The molecule has 1 aromatic heterocycles. The molecular weight excluding hydrogens is 310 g/mol. The zero-order valence-electron chi connectivity index (χ0n) is 14.1. The number of carbonyl (C=O) groups is 1. The first-order valence-electron chi connectivity index (χ1n) is 8.47. The summed E-state index contributed by atoms with van der Waals surface area (Å²) in [5, 5.41) is 3.20. The minimum atomic E-state index is 0.123. The van der Waals surface area contributed by atoms with E-state index in [-0.39, 0.29) is 11.7 Å². The topological polar surface area (TPSA) is 54.9 Å². The van der Waals surface area contributed by atoms with E-state index in [1.807, 2.05) is 30.3 Å². The number of aryl methyl sites for hydroxylation is 1. The van der Waals surface area contributed by atoms with Crippen molar-refractivity contribution in [3.05, 3.63) is 83.2 Å². The first kappa shape index (κ1) is 15.5. The molecule has 25 heavy (non-hydrogen) atoms. The average Bonchev–Trinajstić information content (AvgIpc) is 2.63. The van der Waals surface area contributed by atoms with Gasteiger partial charge in [-0.2, -0.15) is 0 Å². The van der Waals surface area contributed by atoms with Crippen LogP contribution in [0.3, 0.4) is 0 Å². The van der Waals surface area contributed by atoms with Gasteiger partial charge in [0.2, 0.25) is 5.95 Å². The molecule has 0 radical (unpaired) electrons. The molecule has 0 saturated carbocycles. The van der Waals surface area contributed by atoms with E-state index < -0.39 is 0 Å². The Bertz CT molecular complexity index is 904. The second-order valence-corrected chi connectivity index (χ2v) is 6.48. The second-order valence-electron chi connectivity index (χ2n) is 6.48. The SMILES string of the molecule is Cc1ccc([C@@H]2CC(=O)c3cnc(Nc4ccccc4)nc3C2)cc1.